The molecule has 29 heavy (non-hydrogen) atoms. The van der Waals surface area contributed by atoms with Crippen molar-refractivity contribution in [3.05, 3.63) is 85.8 Å². The van der Waals surface area contributed by atoms with Gasteiger partial charge in [-0.3, -0.25) is 0 Å². The molecule has 0 N–H and O–H groups in total. The molecule has 148 valence electrons. The Morgan fingerprint density at radius 1 is 0.966 bits per heavy atom. The van der Waals surface area contributed by atoms with Crippen LogP contribution in [0.25, 0.3) is 10.6 Å². The van der Waals surface area contributed by atoms with E-state index in [1.54, 1.807) is 22.7 Å². The smallest absolute Gasteiger partial charge is 0.190 e. The summed E-state index contributed by atoms with van der Waals surface area (Å²) in [5.74, 6) is 0.848. The Labute approximate surface area is 187 Å². The van der Waals surface area contributed by atoms with Gasteiger partial charge in [-0.1, -0.05) is 35.3 Å². The molecule has 2 aromatic carbocycles. The van der Waals surface area contributed by atoms with E-state index in [4.69, 9.17) is 32.9 Å². The predicted octanol–water partition coefficient (Wildman–Crippen LogP) is 7.26. The number of ether oxygens (including phenoxy) is 1. The summed E-state index contributed by atoms with van der Waals surface area (Å²) < 4.78 is 8.51. The van der Waals surface area contributed by atoms with Crippen LogP contribution in [0.5, 0.6) is 5.75 Å². The molecular weight excluding hydrogens is 443 g/mol. The molecule has 0 saturated carbocycles. The molecule has 0 bridgehead atoms. The topological polar surface area (TPSA) is 26.5 Å². The molecule has 0 aliphatic heterocycles. The zero-order chi connectivity index (χ0) is 20.2. The lowest BCUT2D eigenvalue weighted by Crippen LogP contribution is -2.16. The lowest BCUT2D eigenvalue weighted by atomic mass is 10.2. The van der Waals surface area contributed by atoms with Crippen molar-refractivity contribution in [2.45, 2.75) is 13.5 Å². The lowest BCUT2D eigenvalue weighted by molar-refractivity contribution is 0.340. The minimum absolute atomic E-state index is 0.648. The van der Waals surface area contributed by atoms with E-state index in [1.807, 2.05) is 67.6 Å². The lowest BCUT2D eigenvalue weighted by Gasteiger charge is -2.08. The maximum atomic E-state index is 6.18. The van der Waals surface area contributed by atoms with Gasteiger partial charge in [0.05, 0.1) is 33.7 Å². The Morgan fingerprint density at radius 3 is 2.38 bits per heavy atom. The van der Waals surface area contributed by atoms with Crippen molar-refractivity contribution >= 4 is 51.6 Å². The van der Waals surface area contributed by atoms with Gasteiger partial charge in [-0.15, -0.1) is 22.7 Å². The molecule has 7 heteroatoms. The molecule has 0 aliphatic rings. The van der Waals surface area contributed by atoms with Crippen molar-refractivity contribution in [2.24, 2.45) is 4.99 Å². The van der Waals surface area contributed by atoms with Crippen LogP contribution >= 0.6 is 45.9 Å². The summed E-state index contributed by atoms with van der Waals surface area (Å²) in [7, 11) is 0. The normalized spacial score (nSPS) is 11.8. The van der Waals surface area contributed by atoms with E-state index in [9.17, 15) is 0 Å². The van der Waals surface area contributed by atoms with E-state index in [0.717, 1.165) is 41.7 Å². The number of halogens is 2. The molecule has 0 aliphatic carbocycles. The summed E-state index contributed by atoms with van der Waals surface area (Å²) in [4.78, 5) is 6.92. The van der Waals surface area contributed by atoms with E-state index in [2.05, 4.69) is 9.95 Å². The zero-order valence-electron chi connectivity index (χ0n) is 15.6. The van der Waals surface area contributed by atoms with Gasteiger partial charge in [0, 0.05) is 10.4 Å². The van der Waals surface area contributed by atoms with Crippen molar-refractivity contribution in [3.63, 3.8) is 0 Å². The first-order valence-corrected chi connectivity index (χ1v) is 11.5. The number of nitrogens with zero attached hydrogens (tertiary/aromatic N) is 2. The first-order valence-electron chi connectivity index (χ1n) is 9.08. The highest BCUT2D eigenvalue weighted by molar-refractivity contribution is 7.19. The van der Waals surface area contributed by atoms with Gasteiger partial charge in [-0.25, -0.2) is 4.99 Å². The predicted molar refractivity (Wildman–Crippen MR) is 124 cm³/mol. The number of rotatable bonds is 6. The Balaban J connectivity index is 1.76. The van der Waals surface area contributed by atoms with E-state index < -0.39 is 0 Å². The molecule has 0 amide bonds. The third kappa shape index (κ3) is 4.93. The molecule has 0 radical (unpaired) electrons. The average Bonchev–Trinajstić information content (AvgIpc) is 3.32. The second kappa shape index (κ2) is 9.18. The van der Waals surface area contributed by atoms with Crippen LogP contribution in [-0.2, 0) is 6.54 Å². The third-order valence-electron chi connectivity index (χ3n) is 4.25. The molecule has 2 aromatic heterocycles. The average molecular weight is 461 g/mol. The first kappa shape index (κ1) is 20.2. The van der Waals surface area contributed by atoms with E-state index in [1.165, 1.54) is 0 Å². The molecule has 0 unspecified atom stereocenters. The zero-order valence-corrected chi connectivity index (χ0v) is 18.8. The van der Waals surface area contributed by atoms with E-state index in [-0.39, 0.29) is 0 Å². The fourth-order valence-electron chi connectivity index (χ4n) is 2.89. The minimum atomic E-state index is 0.648. The molecule has 4 rings (SSSR count). The number of benzene rings is 2. The largest absolute Gasteiger partial charge is 0.494 e. The van der Waals surface area contributed by atoms with Crippen LogP contribution < -0.4 is 9.54 Å². The van der Waals surface area contributed by atoms with Gasteiger partial charge in [-0.05, 0) is 61.0 Å². The van der Waals surface area contributed by atoms with E-state index in [0.29, 0.717) is 13.2 Å². The standard InChI is InChI=1S/C22H18Cl2N2OS2/c1-2-27-18-9-7-17(8-10-18)25-22-26(13-15-3-5-16(23)6-4-15)19(14-28-22)20-11-12-21(24)29-20/h3-12,14H,2,13H2,1H3. The van der Waals surface area contributed by atoms with Gasteiger partial charge < -0.3 is 9.30 Å². The summed E-state index contributed by atoms with van der Waals surface area (Å²) in [6.07, 6.45) is 0. The monoisotopic (exact) mass is 460 g/mol. The molecule has 4 aromatic rings. The summed E-state index contributed by atoms with van der Waals surface area (Å²) >= 11 is 15.4. The number of thiophene rings is 1. The van der Waals surface area contributed by atoms with E-state index >= 15 is 0 Å². The van der Waals surface area contributed by atoms with Crippen LogP contribution in [0.2, 0.25) is 9.36 Å². The molecule has 0 spiro atoms. The van der Waals surface area contributed by atoms with Gasteiger partial charge in [0.2, 0.25) is 0 Å². The van der Waals surface area contributed by atoms with Gasteiger partial charge in [0.15, 0.2) is 4.80 Å². The molecular formula is C22H18Cl2N2OS2. The van der Waals surface area contributed by atoms with Crippen LogP contribution in [0.4, 0.5) is 5.69 Å². The van der Waals surface area contributed by atoms with Crippen molar-refractivity contribution in [3.8, 4) is 16.3 Å². The fourth-order valence-corrected chi connectivity index (χ4v) is 5.08. The minimum Gasteiger partial charge on any atom is -0.494 e. The Hall–Kier alpha value is -2.05. The van der Waals surface area contributed by atoms with Gasteiger partial charge in [-0.2, -0.15) is 0 Å². The highest BCUT2D eigenvalue weighted by atomic mass is 35.5. The highest BCUT2D eigenvalue weighted by Crippen LogP contribution is 2.32. The molecule has 3 nitrogen and oxygen atoms in total. The van der Waals surface area contributed by atoms with Crippen molar-refractivity contribution < 1.29 is 4.74 Å². The number of hydrogen-bond donors (Lipinski definition) is 0. The second-order valence-corrected chi connectivity index (χ2v) is 9.25. The summed E-state index contributed by atoms with van der Waals surface area (Å²) in [6.45, 7) is 3.32. The van der Waals surface area contributed by atoms with Crippen LogP contribution in [0.1, 0.15) is 12.5 Å². The number of hydrogen-bond acceptors (Lipinski definition) is 4. The van der Waals surface area contributed by atoms with Gasteiger partial charge in [0.25, 0.3) is 0 Å². The molecule has 0 saturated heterocycles. The van der Waals surface area contributed by atoms with Crippen LogP contribution in [0, 0.1) is 0 Å². The first-order chi connectivity index (χ1) is 14.1. The summed E-state index contributed by atoms with van der Waals surface area (Å²) in [6, 6.07) is 19.7. The molecule has 2 heterocycles. The van der Waals surface area contributed by atoms with Gasteiger partial charge in [0.1, 0.15) is 5.75 Å². The van der Waals surface area contributed by atoms with Crippen molar-refractivity contribution in [1.82, 2.24) is 4.57 Å². The number of aromatic nitrogens is 1. The Morgan fingerprint density at radius 2 is 1.72 bits per heavy atom. The van der Waals surface area contributed by atoms with Crippen molar-refractivity contribution in [2.75, 3.05) is 6.61 Å². The quantitative estimate of drug-likeness (QED) is 0.297. The maximum Gasteiger partial charge on any atom is 0.190 e. The summed E-state index contributed by atoms with van der Waals surface area (Å²) in [5.41, 5.74) is 3.15. The maximum absolute atomic E-state index is 6.18. The SMILES string of the molecule is CCOc1ccc(N=c2scc(-c3ccc(Cl)s3)n2Cc2ccc(Cl)cc2)cc1. The van der Waals surface area contributed by atoms with Crippen molar-refractivity contribution in [1.29, 1.82) is 0 Å². The molecule has 0 atom stereocenters. The Kier molecular flexibility index (Phi) is 6.40. The van der Waals surface area contributed by atoms with Crippen LogP contribution in [0.15, 0.2) is 71.0 Å². The summed E-state index contributed by atoms with van der Waals surface area (Å²) in [5, 5.41) is 2.86. The fraction of sp³-hybridized carbons (Fsp3) is 0.136. The molecule has 0 fully saturated rings. The van der Waals surface area contributed by atoms with Gasteiger partial charge >= 0.3 is 0 Å². The second-order valence-electron chi connectivity index (χ2n) is 6.26. The highest BCUT2D eigenvalue weighted by Gasteiger charge is 2.11. The van der Waals surface area contributed by atoms with Crippen LogP contribution in [0.3, 0.4) is 0 Å². The third-order valence-corrected chi connectivity index (χ3v) is 6.62. The Bertz CT molecular complexity index is 1160. The van der Waals surface area contributed by atoms with Crippen LogP contribution in [-0.4, -0.2) is 11.2 Å². The number of thiazole rings is 1.